The van der Waals surface area contributed by atoms with Crippen molar-refractivity contribution in [2.75, 3.05) is 0 Å². The van der Waals surface area contributed by atoms with Gasteiger partial charge in [0.2, 0.25) is 5.91 Å². The molecule has 2 rings (SSSR count). The largest absolute Gasteiger partial charge is 0.352 e. The summed E-state index contributed by atoms with van der Waals surface area (Å²) in [6.07, 6.45) is 8.14. The van der Waals surface area contributed by atoms with Gasteiger partial charge in [0, 0.05) is 18.5 Å². The molecule has 1 fully saturated rings. The van der Waals surface area contributed by atoms with Crippen LogP contribution in [0.3, 0.4) is 0 Å². The highest BCUT2D eigenvalue weighted by molar-refractivity contribution is 5.77. The van der Waals surface area contributed by atoms with Gasteiger partial charge in [-0.2, -0.15) is 0 Å². The highest BCUT2D eigenvalue weighted by atomic mass is 16.1. The number of carbonyl (C=O) groups excluding carboxylic acids is 1. The Balaban J connectivity index is 1.69. The van der Waals surface area contributed by atoms with Gasteiger partial charge in [0.1, 0.15) is 0 Å². The maximum absolute atomic E-state index is 11.4. The fourth-order valence-electron chi connectivity index (χ4n) is 1.75. The Hall–Kier alpha value is -0.830. The van der Waals surface area contributed by atoms with Crippen molar-refractivity contribution in [1.29, 1.82) is 0 Å². The smallest absolute Gasteiger partial charge is 0.220 e. The SMILES string of the molecule is NC1CC1NC(=O)CC1C=CCC1. The van der Waals surface area contributed by atoms with E-state index in [1.807, 2.05) is 0 Å². The summed E-state index contributed by atoms with van der Waals surface area (Å²) in [5.74, 6) is 0.629. The monoisotopic (exact) mass is 180 g/mol. The van der Waals surface area contributed by atoms with E-state index in [2.05, 4.69) is 17.5 Å². The Morgan fingerprint density at radius 2 is 2.38 bits per heavy atom. The summed E-state index contributed by atoms with van der Waals surface area (Å²) in [6, 6.07) is 0.473. The van der Waals surface area contributed by atoms with Gasteiger partial charge in [0.25, 0.3) is 0 Å². The third-order valence-electron chi connectivity index (χ3n) is 2.75. The van der Waals surface area contributed by atoms with Crippen molar-refractivity contribution in [2.24, 2.45) is 11.7 Å². The number of allylic oxidation sites excluding steroid dienone is 2. The first-order valence-electron chi connectivity index (χ1n) is 4.97. The molecule has 0 heterocycles. The van der Waals surface area contributed by atoms with Crippen LogP contribution in [0.4, 0.5) is 0 Å². The molecule has 0 radical (unpaired) electrons. The zero-order valence-corrected chi connectivity index (χ0v) is 7.70. The molecule has 0 aromatic heterocycles. The van der Waals surface area contributed by atoms with Crippen LogP contribution >= 0.6 is 0 Å². The molecule has 0 saturated heterocycles. The van der Waals surface area contributed by atoms with Gasteiger partial charge in [-0.05, 0) is 25.2 Å². The molecule has 72 valence electrons. The lowest BCUT2D eigenvalue weighted by atomic mass is 10.1. The Morgan fingerprint density at radius 1 is 1.62 bits per heavy atom. The lowest BCUT2D eigenvalue weighted by Gasteiger charge is -2.07. The third kappa shape index (κ3) is 2.31. The van der Waals surface area contributed by atoms with E-state index < -0.39 is 0 Å². The van der Waals surface area contributed by atoms with E-state index in [0.717, 1.165) is 19.3 Å². The Kier molecular flexibility index (Phi) is 2.36. The molecule has 3 atom stereocenters. The van der Waals surface area contributed by atoms with Crippen molar-refractivity contribution >= 4 is 5.91 Å². The Morgan fingerprint density at radius 3 is 2.92 bits per heavy atom. The van der Waals surface area contributed by atoms with Crippen LogP contribution in [0.5, 0.6) is 0 Å². The maximum Gasteiger partial charge on any atom is 0.220 e. The van der Waals surface area contributed by atoms with Crippen molar-refractivity contribution in [3.05, 3.63) is 12.2 Å². The lowest BCUT2D eigenvalue weighted by Crippen LogP contribution is -2.30. The summed E-state index contributed by atoms with van der Waals surface area (Å²) in [7, 11) is 0. The number of amides is 1. The fourth-order valence-corrected chi connectivity index (χ4v) is 1.75. The standard InChI is InChI=1S/C10H16N2O/c11-8-6-9(8)12-10(13)5-7-3-1-2-4-7/h1,3,7-9H,2,4-6,11H2,(H,12,13). The van der Waals surface area contributed by atoms with E-state index in [9.17, 15) is 4.79 Å². The van der Waals surface area contributed by atoms with Crippen LogP contribution in [-0.4, -0.2) is 18.0 Å². The average molecular weight is 180 g/mol. The van der Waals surface area contributed by atoms with Crippen molar-refractivity contribution in [1.82, 2.24) is 5.32 Å². The quantitative estimate of drug-likeness (QED) is 0.623. The van der Waals surface area contributed by atoms with Gasteiger partial charge < -0.3 is 11.1 Å². The van der Waals surface area contributed by atoms with Gasteiger partial charge in [-0.15, -0.1) is 0 Å². The second-order valence-corrected chi connectivity index (χ2v) is 4.04. The van der Waals surface area contributed by atoms with Crippen LogP contribution < -0.4 is 11.1 Å². The molecule has 13 heavy (non-hydrogen) atoms. The van der Waals surface area contributed by atoms with Crippen molar-refractivity contribution in [2.45, 2.75) is 37.8 Å². The second-order valence-electron chi connectivity index (χ2n) is 4.04. The summed E-state index contributed by atoms with van der Waals surface area (Å²) in [5.41, 5.74) is 5.59. The number of nitrogens with one attached hydrogen (secondary N) is 1. The molecule has 2 aliphatic rings. The molecule has 0 bridgehead atoms. The number of rotatable bonds is 3. The fraction of sp³-hybridized carbons (Fsp3) is 0.700. The van der Waals surface area contributed by atoms with Gasteiger partial charge >= 0.3 is 0 Å². The maximum atomic E-state index is 11.4. The number of hydrogen-bond acceptors (Lipinski definition) is 2. The molecular formula is C10H16N2O. The molecule has 0 aromatic carbocycles. The number of nitrogens with two attached hydrogens (primary N) is 1. The molecule has 0 spiro atoms. The predicted molar refractivity (Wildman–Crippen MR) is 51.0 cm³/mol. The van der Waals surface area contributed by atoms with Crippen LogP contribution in [0.1, 0.15) is 25.7 Å². The summed E-state index contributed by atoms with van der Waals surface area (Å²) in [6.45, 7) is 0. The van der Waals surface area contributed by atoms with E-state index in [1.165, 1.54) is 0 Å². The molecular weight excluding hydrogens is 164 g/mol. The molecule has 3 heteroatoms. The summed E-state index contributed by atoms with van der Waals surface area (Å²) < 4.78 is 0. The first kappa shape index (κ1) is 8.75. The molecule has 3 nitrogen and oxygen atoms in total. The minimum atomic E-state index is 0.162. The highest BCUT2D eigenvalue weighted by Crippen LogP contribution is 2.22. The van der Waals surface area contributed by atoms with Crippen LogP contribution in [0, 0.1) is 5.92 Å². The average Bonchev–Trinajstić information content (AvgIpc) is 2.61. The first-order valence-corrected chi connectivity index (χ1v) is 4.97. The zero-order chi connectivity index (χ0) is 9.26. The van der Waals surface area contributed by atoms with E-state index in [4.69, 9.17) is 5.73 Å². The second kappa shape index (κ2) is 3.50. The molecule has 1 amide bonds. The van der Waals surface area contributed by atoms with Crippen LogP contribution in [0.15, 0.2) is 12.2 Å². The zero-order valence-electron chi connectivity index (χ0n) is 7.70. The van der Waals surface area contributed by atoms with Gasteiger partial charge in [0.05, 0.1) is 0 Å². The Labute approximate surface area is 78.4 Å². The topological polar surface area (TPSA) is 55.1 Å². The molecule has 1 saturated carbocycles. The number of carbonyl (C=O) groups is 1. The molecule has 3 unspecified atom stereocenters. The first-order chi connectivity index (χ1) is 6.25. The van der Waals surface area contributed by atoms with E-state index >= 15 is 0 Å². The van der Waals surface area contributed by atoms with Gasteiger partial charge in [-0.3, -0.25) is 4.79 Å². The van der Waals surface area contributed by atoms with Gasteiger partial charge in [-0.25, -0.2) is 0 Å². The van der Waals surface area contributed by atoms with Crippen LogP contribution in [-0.2, 0) is 4.79 Å². The van der Waals surface area contributed by atoms with Crippen LogP contribution in [0.2, 0.25) is 0 Å². The third-order valence-corrected chi connectivity index (χ3v) is 2.75. The predicted octanol–water partition coefficient (Wildman–Crippen LogP) is 0.558. The van der Waals surface area contributed by atoms with Crippen LogP contribution in [0.25, 0.3) is 0 Å². The summed E-state index contributed by atoms with van der Waals surface area (Å²) in [5, 5.41) is 2.93. The minimum absolute atomic E-state index is 0.162. The van der Waals surface area contributed by atoms with Crippen molar-refractivity contribution in [3.63, 3.8) is 0 Å². The molecule has 0 aromatic rings. The van der Waals surface area contributed by atoms with Gasteiger partial charge in [-0.1, -0.05) is 12.2 Å². The molecule has 3 N–H and O–H groups in total. The Bertz CT molecular complexity index is 237. The molecule has 2 aliphatic carbocycles. The van der Waals surface area contributed by atoms with Crippen molar-refractivity contribution in [3.8, 4) is 0 Å². The van der Waals surface area contributed by atoms with E-state index in [0.29, 0.717) is 12.3 Å². The lowest BCUT2D eigenvalue weighted by molar-refractivity contribution is -0.121. The molecule has 0 aliphatic heterocycles. The van der Waals surface area contributed by atoms with Crippen molar-refractivity contribution < 1.29 is 4.79 Å². The summed E-state index contributed by atoms with van der Waals surface area (Å²) in [4.78, 5) is 11.4. The van der Waals surface area contributed by atoms with E-state index in [-0.39, 0.29) is 18.0 Å². The van der Waals surface area contributed by atoms with E-state index in [1.54, 1.807) is 0 Å². The summed E-state index contributed by atoms with van der Waals surface area (Å²) >= 11 is 0. The highest BCUT2D eigenvalue weighted by Gasteiger charge is 2.34. The van der Waals surface area contributed by atoms with Gasteiger partial charge in [0.15, 0.2) is 0 Å². The minimum Gasteiger partial charge on any atom is -0.352 e. The number of hydrogen-bond donors (Lipinski definition) is 2. The normalized spacial score (nSPS) is 36.2.